The van der Waals surface area contributed by atoms with E-state index in [9.17, 15) is 5.11 Å². The van der Waals surface area contributed by atoms with Crippen molar-refractivity contribution in [2.45, 2.75) is 51.0 Å². The van der Waals surface area contributed by atoms with Crippen LogP contribution in [0.2, 0.25) is 0 Å². The third-order valence-corrected chi connectivity index (χ3v) is 4.49. The van der Waals surface area contributed by atoms with E-state index in [0.717, 1.165) is 31.4 Å². The minimum Gasteiger partial charge on any atom is -0.393 e. The number of hydrogen-bond donors (Lipinski definition) is 2. The zero-order valence-corrected chi connectivity index (χ0v) is 10.7. The molecule has 90 valence electrons. The summed E-state index contributed by atoms with van der Waals surface area (Å²) >= 11 is 1.85. The molecule has 1 rings (SSSR count). The fourth-order valence-corrected chi connectivity index (χ4v) is 3.11. The Labute approximate surface area is 98.0 Å². The summed E-state index contributed by atoms with van der Waals surface area (Å²) in [6.07, 6.45) is 10.1. The van der Waals surface area contributed by atoms with Gasteiger partial charge in [-0.3, -0.25) is 0 Å². The Kier molecular flexibility index (Phi) is 6.02. The van der Waals surface area contributed by atoms with Crippen LogP contribution in [0, 0.1) is 5.41 Å². The second-order valence-corrected chi connectivity index (χ2v) is 5.76. The van der Waals surface area contributed by atoms with Crippen molar-refractivity contribution in [3.63, 3.8) is 0 Å². The molecular formula is C12H25NOS. The molecule has 1 aliphatic rings. The Balaban J connectivity index is 2.40. The molecule has 15 heavy (non-hydrogen) atoms. The molecule has 0 amide bonds. The van der Waals surface area contributed by atoms with Gasteiger partial charge in [0.15, 0.2) is 0 Å². The van der Waals surface area contributed by atoms with Crippen LogP contribution in [-0.4, -0.2) is 29.8 Å². The summed E-state index contributed by atoms with van der Waals surface area (Å²) in [5.74, 6) is 1.15. The van der Waals surface area contributed by atoms with Crippen molar-refractivity contribution in [1.29, 1.82) is 0 Å². The summed E-state index contributed by atoms with van der Waals surface area (Å²) in [6, 6.07) is 0. The Morgan fingerprint density at radius 3 is 2.53 bits per heavy atom. The van der Waals surface area contributed by atoms with Gasteiger partial charge in [0.25, 0.3) is 0 Å². The molecule has 1 fully saturated rings. The highest BCUT2D eigenvalue weighted by molar-refractivity contribution is 7.98. The molecule has 1 saturated carbocycles. The quantitative estimate of drug-likeness (QED) is 0.690. The largest absolute Gasteiger partial charge is 0.393 e. The van der Waals surface area contributed by atoms with Crippen LogP contribution in [0.15, 0.2) is 0 Å². The fraction of sp³-hybridized carbons (Fsp3) is 1.00. The molecule has 1 unspecified atom stereocenters. The van der Waals surface area contributed by atoms with Gasteiger partial charge in [-0.2, -0.15) is 11.8 Å². The van der Waals surface area contributed by atoms with Crippen LogP contribution in [-0.2, 0) is 0 Å². The molecule has 1 atom stereocenters. The highest BCUT2D eigenvalue weighted by Crippen LogP contribution is 2.39. The summed E-state index contributed by atoms with van der Waals surface area (Å²) < 4.78 is 0. The van der Waals surface area contributed by atoms with Crippen molar-refractivity contribution >= 4 is 11.8 Å². The van der Waals surface area contributed by atoms with Gasteiger partial charge in [0.05, 0.1) is 6.10 Å². The summed E-state index contributed by atoms with van der Waals surface area (Å²) in [5.41, 5.74) is 5.93. The molecule has 1 aliphatic carbocycles. The second kappa shape index (κ2) is 6.77. The monoisotopic (exact) mass is 231 g/mol. The van der Waals surface area contributed by atoms with E-state index in [2.05, 4.69) is 6.26 Å². The van der Waals surface area contributed by atoms with Gasteiger partial charge in [0.1, 0.15) is 0 Å². The molecular weight excluding hydrogens is 206 g/mol. The lowest BCUT2D eigenvalue weighted by Gasteiger charge is -2.40. The minimum atomic E-state index is -0.171. The second-order valence-electron chi connectivity index (χ2n) is 4.78. The average Bonchev–Trinajstić information content (AvgIpc) is 2.30. The van der Waals surface area contributed by atoms with Crippen molar-refractivity contribution < 1.29 is 5.11 Å². The van der Waals surface area contributed by atoms with Gasteiger partial charge in [-0.15, -0.1) is 0 Å². The lowest BCUT2D eigenvalue weighted by molar-refractivity contribution is -0.00304. The molecule has 0 heterocycles. The molecule has 2 nitrogen and oxygen atoms in total. The average molecular weight is 231 g/mol. The number of aliphatic hydroxyl groups excluding tert-OH is 1. The van der Waals surface area contributed by atoms with Crippen molar-refractivity contribution in [3.8, 4) is 0 Å². The number of nitrogens with two attached hydrogens (primary N) is 1. The predicted molar refractivity (Wildman–Crippen MR) is 68.2 cm³/mol. The normalized spacial score (nSPS) is 22.6. The number of hydrogen-bond acceptors (Lipinski definition) is 3. The van der Waals surface area contributed by atoms with Crippen molar-refractivity contribution in [1.82, 2.24) is 0 Å². The van der Waals surface area contributed by atoms with Crippen molar-refractivity contribution in [3.05, 3.63) is 0 Å². The highest BCUT2D eigenvalue weighted by atomic mass is 32.2. The SMILES string of the molecule is CSCCCC(O)C1(CN)CCCCC1. The summed E-state index contributed by atoms with van der Waals surface area (Å²) in [6.45, 7) is 0.660. The summed E-state index contributed by atoms with van der Waals surface area (Å²) in [5, 5.41) is 10.3. The molecule has 0 aromatic heterocycles. The van der Waals surface area contributed by atoms with Crippen LogP contribution in [0.25, 0.3) is 0 Å². The van der Waals surface area contributed by atoms with E-state index >= 15 is 0 Å². The molecule has 3 N–H and O–H groups in total. The number of aliphatic hydroxyl groups is 1. The van der Waals surface area contributed by atoms with E-state index in [-0.39, 0.29) is 11.5 Å². The van der Waals surface area contributed by atoms with Crippen LogP contribution >= 0.6 is 11.8 Å². The van der Waals surface area contributed by atoms with E-state index in [0.29, 0.717) is 6.54 Å². The molecule has 0 aromatic rings. The summed E-state index contributed by atoms with van der Waals surface area (Å²) in [7, 11) is 0. The molecule has 3 heteroatoms. The van der Waals surface area contributed by atoms with Crippen LogP contribution in [0.5, 0.6) is 0 Å². The lowest BCUT2D eigenvalue weighted by Crippen LogP contribution is -2.43. The first-order chi connectivity index (χ1) is 7.25. The van der Waals surface area contributed by atoms with E-state index in [1.54, 1.807) is 0 Å². The molecule has 0 aliphatic heterocycles. The zero-order chi connectivity index (χ0) is 11.1. The van der Waals surface area contributed by atoms with Crippen molar-refractivity contribution in [2.24, 2.45) is 11.1 Å². The van der Waals surface area contributed by atoms with Gasteiger partial charge in [0, 0.05) is 12.0 Å². The first kappa shape index (κ1) is 13.3. The maximum atomic E-state index is 10.3. The molecule has 0 aromatic carbocycles. The van der Waals surface area contributed by atoms with E-state index < -0.39 is 0 Å². The summed E-state index contributed by atoms with van der Waals surface area (Å²) in [4.78, 5) is 0. The van der Waals surface area contributed by atoms with Crippen LogP contribution in [0.1, 0.15) is 44.9 Å². The molecule has 0 saturated heterocycles. The van der Waals surface area contributed by atoms with Gasteiger partial charge in [0.2, 0.25) is 0 Å². The van der Waals surface area contributed by atoms with Crippen LogP contribution < -0.4 is 5.73 Å². The van der Waals surface area contributed by atoms with E-state index in [1.165, 1.54) is 19.3 Å². The topological polar surface area (TPSA) is 46.2 Å². The van der Waals surface area contributed by atoms with Crippen LogP contribution in [0.4, 0.5) is 0 Å². The lowest BCUT2D eigenvalue weighted by atomic mass is 9.69. The Hall–Kier alpha value is 0.270. The van der Waals surface area contributed by atoms with Gasteiger partial charge < -0.3 is 10.8 Å². The Bertz CT molecular complexity index is 169. The number of thioether (sulfide) groups is 1. The first-order valence-electron chi connectivity index (χ1n) is 6.12. The fourth-order valence-electron chi connectivity index (χ4n) is 2.66. The van der Waals surface area contributed by atoms with Gasteiger partial charge >= 0.3 is 0 Å². The zero-order valence-electron chi connectivity index (χ0n) is 9.87. The van der Waals surface area contributed by atoms with Gasteiger partial charge in [-0.1, -0.05) is 19.3 Å². The van der Waals surface area contributed by atoms with E-state index in [4.69, 9.17) is 5.73 Å². The third kappa shape index (κ3) is 3.65. The highest BCUT2D eigenvalue weighted by Gasteiger charge is 2.37. The maximum absolute atomic E-state index is 10.3. The number of rotatable bonds is 6. The Morgan fingerprint density at radius 2 is 2.00 bits per heavy atom. The standard InChI is InChI=1S/C12H25NOS/c1-15-9-5-6-11(14)12(10-13)7-3-2-4-8-12/h11,14H,2-10,13H2,1H3. The molecule has 0 bridgehead atoms. The smallest absolute Gasteiger partial charge is 0.0608 e. The Morgan fingerprint density at radius 1 is 1.33 bits per heavy atom. The molecule has 0 spiro atoms. The predicted octanol–water partition coefficient (Wildman–Crippen LogP) is 2.40. The minimum absolute atomic E-state index is 0.0522. The third-order valence-electron chi connectivity index (χ3n) is 3.79. The van der Waals surface area contributed by atoms with Crippen molar-refractivity contribution in [2.75, 3.05) is 18.6 Å². The first-order valence-corrected chi connectivity index (χ1v) is 7.51. The van der Waals surface area contributed by atoms with E-state index in [1.807, 2.05) is 11.8 Å². The maximum Gasteiger partial charge on any atom is 0.0608 e. The van der Waals surface area contributed by atoms with Gasteiger partial charge in [-0.25, -0.2) is 0 Å². The molecule has 0 radical (unpaired) electrons. The van der Waals surface area contributed by atoms with Crippen LogP contribution in [0.3, 0.4) is 0 Å². The van der Waals surface area contributed by atoms with Gasteiger partial charge in [-0.05, 0) is 37.7 Å².